The van der Waals surface area contributed by atoms with E-state index >= 15 is 0 Å². The predicted octanol–water partition coefficient (Wildman–Crippen LogP) is 8.83. The van der Waals surface area contributed by atoms with Crippen molar-refractivity contribution in [1.82, 2.24) is 9.97 Å². The fraction of sp³-hybridized carbons (Fsp3) is 0.0690. The summed E-state index contributed by atoms with van der Waals surface area (Å²) in [5.41, 5.74) is 5.91. The molecule has 0 bridgehead atoms. The molecule has 2 heterocycles. The van der Waals surface area contributed by atoms with Crippen molar-refractivity contribution in [2.75, 3.05) is 5.01 Å². The van der Waals surface area contributed by atoms with Gasteiger partial charge in [-0.3, -0.25) is 0 Å². The Kier molecular flexibility index (Phi) is 6.34. The largest absolute Gasteiger partial charge is 0.247 e. The second kappa shape index (κ2) is 9.77. The third-order valence-corrected chi connectivity index (χ3v) is 7.45. The van der Waals surface area contributed by atoms with Crippen LogP contribution in [0.4, 0.5) is 5.95 Å². The second-order valence-electron chi connectivity index (χ2n) is 8.57. The first-order valence-corrected chi connectivity index (χ1v) is 13.4. The first-order valence-electron chi connectivity index (χ1n) is 11.5. The summed E-state index contributed by atoms with van der Waals surface area (Å²) in [4.78, 5) is 10.0. The van der Waals surface area contributed by atoms with Crippen molar-refractivity contribution in [3.8, 4) is 11.3 Å². The molecule has 0 N–H and O–H groups in total. The van der Waals surface area contributed by atoms with E-state index in [1.165, 1.54) is 0 Å². The number of rotatable bonds is 4. The monoisotopic (exact) mass is 616 g/mol. The van der Waals surface area contributed by atoms with Gasteiger partial charge >= 0.3 is 0 Å². The maximum atomic E-state index is 6.17. The van der Waals surface area contributed by atoms with E-state index in [4.69, 9.17) is 26.7 Å². The number of benzene rings is 4. The van der Waals surface area contributed by atoms with Crippen LogP contribution in [0.2, 0.25) is 5.02 Å². The zero-order valence-electron chi connectivity index (χ0n) is 18.9. The molecule has 1 aliphatic heterocycles. The highest BCUT2D eigenvalue weighted by atomic mass is 79.9. The molecule has 0 spiro atoms. The molecule has 36 heavy (non-hydrogen) atoms. The number of anilines is 1. The standard InChI is InChI=1S/C29H19Br2ClN4/c30-21-7-3-5-19(15-21)26-17-27(20-6-4-8-22(31)16-20)36(35-26)29-33-25-10-2-1-9-24(25)28(34-29)18-11-13-23(32)14-12-18/h1-16,27H,17H2/t27-/m1/s1. The van der Waals surface area contributed by atoms with Gasteiger partial charge in [0.2, 0.25) is 5.95 Å². The average molecular weight is 619 g/mol. The minimum Gasteiger partial charge on any atom is -0.223 e. The van der Waals surface area contributed by atoms with E-state index in [0.717, 1.165) is 54.4 Å². The summed E-state index contributed by atoms with van der Waals surface area (Å²) < 4.78 is 2.05. The van der Waals surface area contributed by atoms with Gasteiger partial charge in [0, 0.05) is 31.3 Å². The van der Waals surface area contributed by atoms with Crippen molar-refractivity contribution >= 4 is 66.0 Å². The third-order valence-electron chi connectivity index (χ3n) is 6.22. The maximum absolute atomic E-state index is 6.17. The van der Waals surface area contributed by atoms with Crippen molar-refractivity contribution in [3.63, 3.8) is 0 Å². The van der Waals surface area contributed by atoms with E-state index in [-0.39, 0.29) is 6.04 Å². The molecule has 4 nitrogen and oxygen atoms in total. The van der Waals surface area contributed by atoms with Crippen LogP contribution in [-0.4, -0.2) is 15.7 Å². The SMILES string of the molecule is Clc1ccc(-c2nc(N3N=C(c4cccc(Br)c4)C[C@@H]3c3cccc(Br)c3)nc3ccccc23)cc1. The van der Waals surface area contributed by atoms with Crippen LogP contribution in [0.15, 0.2) is 111 Å². The molecule has 176 valence electrons. The summed E-state index contributed by atoms with van der Waals surface area (Å²) in [5.74, 6) is 0.564. The maximum Gasteiger partial charge on any atom is 0.247 e. The zero-order valence-corrected chi connectivity index (χ0v) is 22.9. The number of hydrogen-bond acceptors (Lipinski definition) is 4. The molecule has 0 unspecified atom stereocenters. The fourth-order valence-corrected chi connectivity index (χ4v) is 5.45. The first-order chi connectivity index (χ1) is 17.5. The number of nitrogens with zero attached hydrogens (tertiary/aromatic N) is 4. The summed E-state index contributed by atoms with van der Waals surface area (Å²) in [6.07, 6.45) is 0.735. The van der Waals surface area contributed by atoms with E-state index in [1.807, 2.05) is 65.7 Å². The molecule has 0 saturated carbocycles. The van der Waals surface area contributed by atoms with E-state index in [1.54, 1.807) is 0 Å². The highest BCUT2D eigenvalue weighted by Crippen LogP contribution is 2.38. The number of hydrazone groups is 1. The van der Waals surface area contributed by atoms with Crippen LogP contribution in [0, 0.1) is 0 Å². The van der Waals surface area contributed by atoms with Crippen LogP contribution >= 0.6 is 43.5 Å². The predicted molar refractivity (Wildman–Crippen MR) is 155 cm³/mol. The Morgan fingerprint density at radius 2 is 1.50 bits per heavy atom. The van der Waals surface area contributed by atoms with Crippen LogP contribution in [-0.2, 0) is 0 Å². The highest BCUT2D eigenvalue weighted by Gasteiger charge is 2.32. The normalized spacial score (nSPS) is 15.4. The van der Waals surface area contributed by atoms with Crippen molar-refractivity contribution in [3.05, 3.63) is 122 Å². The fourth-order valence-electron chi connectivity index (χ4n) is 4.51. The molecule has 1 aromatic heterocycles. The van der Waals surface area contributed by atoms with Gasteiger partial charge in [0.15, 0.2) is 0 Å². The van der Waals surface area contributed by atoms with E-state index in [2.05, 4.69) is 68.3 Å². The van der Waals surface area contributed by atoms with E-state index in [9.17, 15) is 0 Å². The van der Waals surface area contributed by atoms with Gasteiger partial charge in [0.05, 0.1) is 23.0 Å². The summed E-state index contributed by atoms with van der Waals surface area (Å²) in [6, 6.07) is 32.4. The lowest BCUT2D eigenvalue weighted by atomic mass is 9.98. The summed E-state index contributed by atoms with van der Waals surface area (Å²) in [6.45, 7) is 0. The zero-order chi connectivity index (χ0) is 24.6. The molecule has 1 aliphatic rings. The minimum atomic E-state index is -0.0456. The molecule has 0 amide bonds. The molecule has 0 saturated heterocycles. The molecule has 0 fully saturated rings. The van der Waals surface area contributed by atoms with E-state index in [0.29, 0.717) is 11.0 Å². The average Bonchev–Trinajstić information content (AvgIpc) is 3.34. The Morgan fingerprint density at radius 3 is 2.28 bits per heavy atom. The number of aromatic nitrogens is 2. The Morgan fingerprint density at radius 1 is 0.750 bits per heavy atom. The van der Waals surface area contributed by atoms with Gasteiger partial charge in [-0.2, -0.15) is 5.10 Å². The van der Waals surface area contributed by atoms with Gasteiger partial charge in [-0.05, 0) is 53.6 Å². The lowest BCUT2D eigenvalue weighted by Gasteiger charge is -2.23. The van der Waals surface area contributed by atoms with Crippen molar-refractivity contribution < 1.29 is 0 Å². The smallest absolute Gasteiger partial charge is 0.223 e. The van der Waals surface area contributed by atoms with Gasteiger partial charge in [-0.25, -0.2) is 15.0 Å². The lowest BCUT2D eigenvalue weighted by Crippen LogP contribution is -2.21. The number of hydrogen-bond donors (Lipinski definition) is 0. The molecule has 6 rings (SSSR count). The summed E-state index contributed by atoms with van der Waals surface area (Å²) >= 11 is 13.4. The van der Waals surface area contributed by atoms with Gasteiger partial charge in [-0.15, -0.1) is 0 Å². The first kappa shape index (κ1) is 23.3. The van der Waals surface area contributed by atoms with Gasteiger partial charge in [0.25, 0.3) is 0 Å². The molecular weight excluding hydrogens is 600 g/mol. The summed E-state index contributed by atoms with van der Waals surface area (Å²) in [5, 5.41) is 8.72. The Labute approximate surface area is 230 Å². The number of para-hydroxylation sites is 1. The highest BCUT2D eigenvalue weighted by molar-refractivity contribution is 9.10. The Balaban J connectivity index is 1.53. The minimum absolute atomic E-state index is 0.0456. The van der Waals surface area contributed by atoms with Crippen molar-refractivity contribution in [2.24, 2.45) is 5.10 Å². The topological polar surface area (TPSA) is 41.4 Å². The quantitative estimate of drug-likeness (QED) is 0.202. The molecule has 0 aliphatic carbocycles. The van der Waals surface area contributed by atoms with E-state index < -0.39 is 0 Å². The van der Waals surface area contributed by atoms with Gasteiger partial charge < -0.3 is 0 Å². The molecule has 7 heteroatoms. The lowest BCUT2D eigenvalue weighted by molar-refractivity contribution is 0.688. The van der Waals surface area contributed by atoms with Crippen molar-refractivity contribution in [2.45, 2.75) is 12.5 Å². The second-order valence-corrected chi connectivity index (χ2v) is 10.8. The van der Waals surface area contributed by atoms with Gasteiger partial charge in [0.1, 0.15) is 0 Å². The van der Waals surface area contributed by atoms with Crippen LogP contribution in [0.25, 0.3) is 22.2 Å². The van der Waals surface area contributed by atoms with Crippen LogP contribution in [0.5, 0.6) is 0 Å². The molecule has 0 radical (unpaired) electrons. The van der Waals surface area contributed by atoms with Crippen LogP contribution < -0.4 is 5.01 Å². The molecule has 4 aromatic carbocycles. The van der Waals surface area contributed by atoms with Crippen LogP contribution in [0.1, 0.15) is 23.6 Å². The number of fused-ring (bicyclic) bond motifs is 1. The number of halogens is 3. The Hall–Kier alpha value is -3.06. The molecule has 1 atom stereocenters. The summed E-state index contributed by atoms with van der Waals surface area (Å²) in [7, 11) is 0. The van der Waals surface area contributed by atoms with Gasteiger partial charge in [-0.1, -0.05) is 98.1 Å². The molecule has 5 aromatic rings. The Bertz CT molecular complexity index is 1620. The molecular formula is C29H19Br2ClN4. The van der Waals surface area contributed by atoms with Crippen molar-refractivity contribution in [1.29, 1.82) is 0 Å². The van der Waals surface area contributed by atoms with Crippen LogP contribution in [0.3, 0.4) is 0 Å². The third kappa shape index (κ3) is 4.57.